The molecule has 0 radical (unpaired) electrons. The first-order valence-electron chi connectivity index (χ1n) is 13.4. The number of aryl methyl sites for hydroxylation is 1. The maximum Gasteiger partial charge on any atom is 0.414 e. The average molecular weight is 566 g/mol. The number of nitrogens with one attached hydrogen (secondary N) is 1. The first-order valence-corrected chi connectivity index (χ1v) is 16.3. The third-order valence-corrected chi connectivity index (χ3v) is 12.3. The van der Waals surface area contributed by atoms with Gasteiger partial charge >= 0.3 is 6.09 Å². The van der Waals surface area contributed by atoms with Crippen molar-refractivity contribution in [3.8, 4) is 11.1 Å². The van der Waals surface area contributed by atoms with Gasteiger partial charge in [0.15, 0.2) is 8.32 Å². The molecular weight excluding hydrogens is 529 g/mol. The second kappa shape index (κ2) is 10.8. The van der Waals surface area contributed by atoms with Gasteiger partial charge in [0.1, 0.15) is 18.0 Å². The first-order chi connectivity index (χ1) is 18.9. The van der Waals surface area contributed by atoms with Crippen molar-refractivity contribution in [1.29, 1.82) is 0 Å². The van der Waals surface area contributed by atoms with Crippen LogP contribution in [0.25, 0.3) is 16.8 Å². The molecule has 0 spiro atoms. The minimum atomic E-state index is -1.87. The molecule has 40 heavy (non-hydrogen) atoms. The van der Waals surface area contributed by atoms with Crippen LogP contribution in [0.15, 0.2) is 54.7 Å². The molecule has 3 aromatic rings. The third kappa shape index (κ3) is 5.96. The molecular formula is C29H36FN5O4Si. The highest BCUT2D eigenvalue weighted by atomic mass is 28.4. The molecule has 1 aromatic heterocycles. The molecule has 1 N–H and O–H groups in total. The van der Waals surface area contributed by atoms with E-state index in [4.69, 9.17) is 14.0 Å². The second-order valence-corrected chi connectivity index (χ2v) is 16.7. The lowest BCUT2D eigenvalue weighted by Gasteiger charge is -2.36. The number of nitrogens with zero attached hydrogens (tertiary/aromatic N) is 4. The van der Waals surface area contributed by atoms with E-state index >= 15 is 4.39 Å². The van der Waals surface area contributed by atoms with Crippen molar-refractivity contribution in [2.75, 3.05) is 18.1 Å². The summed E-state index contributed by atoms with van der Waals surface area (Å²) >= 11 is 0. The molecule has 1 fully saturated rings. The number of hydroxylamine groups is 1. The first kappa shape index (κ1) is 28.0. The van der Waals surface area contributed by atoms with Gasteiger partial charge in [0, 0.05) is 11.8 Å². The van der Waals surface area contributed by atoms with Gasteiger partial charge in [-0.25, -0.2) is 13.9 Å². The summed E-state index contributed by atoms with van der Waals surface area (Å²) in [6.45, 7) is 14.1. The molecule has 0 aliphatic carbocycles. The molecule has 212 valence electrons. The van der Waals surface area contributed by atoms with Gasteiger partial charge in [-0.2, -0.15) is 0 Å². The monoisotopic (exact) mass is 565 g/mol. The van der Waals surface area contributed by atoms with E-state index in [9.17, 15) is 4.79 Å². The van der Waals surface area contributed by atoms with Gasteiger partial charge in [-0.3, -0.25) is 15.2 Å². The summed E-state index contributed by atoms with van der Waals surface area (Å²) in [6.07, 6.45) is 2.72. The van der Waals surface area contributed by atoms with E-state index in [1.165, 1.54) is 11.0 Å². The summed E-state index contributed by atoms with van der Waals surface area (Å²) in [5, 5.41) is 8.08. The van der Waals surface area contributed by atoms with E-state index in [2.05, 4.69) is 49.7 Å². The van der Waals surface area contributed by atoms with Gasteiger partial charge in [0.2, 0.25) is 0 Å². The highest BCUT2D eigenvalue weighted by Gasteiger charge is 2.38. The normalized spacial score (nSPS) is 19.5. The van der Waals surface area contributed by atoms with Gasteiger partial charge in [0.25, 0.3) is 0 Å². The van der Waals surface area contributed by atoms with Crippen molar-refractivity contribution < 1.29 is 23.2 Å². The Morgan fingerprint density at radius 1 is 1.15 bits per heavy atom. The zero-order valence-corrected chi connectivity index (χ0v) is 24.8. The lowest BCUT2D eigenvalue weighted by Crippen LogP contribution is -2.42. The number of benzene rings is 2. The molecule has 1 saturated heterocycles. The zero-order chi connectivity index (χ0) is 28.7. The minimum absolute atomic E-state index is 0.132. The van der Waals surface area contributed by atoms with Gasteiger partial charge in [-0.15, -0.1) is 5.10 Å². The number of aromatic nitrogens is 3. The standard InChI is InChI=1S/C29H36FN5O4Si/c1-19-15-34(33-31-19)16-24-17-35(28(36)38-24)22-11-12-25(26(30)13-22)20-7-9-21(10-8-20)27-14-23(39-32-27)18-37-40(5,6)29(2,3)4/h7-15,23-24,32H,16-18H2,1-6H3/t23?,24-/m0/s1. The number of anilines is 1. The predicted molar refractivity (Wildman–Crippen MR) is 153 cm³/mol. The quantitative estimate of drug-likeness (QED) is 0.351. The van der Waals surface area contributed by atoms with Crippen LogP contribution in [-0.2, 0) is 20.5 Å². The number of ether oxygens (including phenoxy) is 1. The van der Waals surface area contributed by atoms with Crippen LogP contribution in [0.3, 0.4) is 0 Å². The Morgan fingerprint density at radius 2 is 1.88 bits per heavy atom. The Bertz CT molecular complexity index is 1420. The van der Waals surface area contributed by atoms with Gasteiger partial charge in [0.05, 0.1) is 36.8 Å². The Balaban J connectivity index is 1.22. The number of rotatable bonds is 8. The van der Waals surface area contributed by atoms with Crippen molar-refractivity contribution >= 4 is 25.8 Å². The molecule has 9 nitrogen and oxygen atoms in total. The maximum absolute atomic E-state index is 15.2. The average Bonchev–Trinajstić information content (AvgIpc) is 3.62. The molecule has 5 rings (SSSR count). The topological polar surface area (TPSA) is 90.7 Å². The van der Waals surface area contributed by atoms with Crippen LogP contribution in [0.2, 0.25) is 18.1 Å². The lowest BCUT2D eigenvalue weighted by molar-refractivity contribution is 0.0203. The minimum Gasteiger partial charge on any atom is -0.442 e. The number of carbonyl (C=O) groups is 1. The molecule has 11 heteroatoms. The van der Waals surface area contributed by atoms with E-state index in [0.29, 0.717) is 30.9 Å². The lowest BCUT2D eigenvalue weighted by atomic mass is 10.0. The van der Waals surface area contributed by atoms with Crippen LogP contribution in [0.5, 0.6) is 0 Å². The molecule has 2 atom stereocenters. The van der Waals surface area contributed by atoms with E-state index in [0.717, 1.165) is 22.5 Å². The Hall–Kier alpha value is -3.54. The van der Waals surface area contributed by atoms with Crippen molar-refractivity contribution in [2.24, 2.45) is 0 Å². The van der Waals surface area contributed by atoms with Crippen LogP contribution in [0.4, 0.5) is 14.9 Å². The van der Waals surface area contributed by atoms with Crippen LogP contribution in [0.1, 0.15) is 32.0 Å². The molecule has 1 unspecified atom stereocenters. The zero-order valence-electron chi connectivity index (χ0n) is 23.8. The number of hydrogen-bond acceptors (Lipinski definition) is 7. The van der Waals surface area contributed by atoms with E-state index < -0.39 is 26.3 Å². The van der Waals surface area contributed by atoms with Crippen LogP contribution < -0.4 is 10.4 Å². The second-order valence-electron chi connectivity index (χ2n) is 11.8. The Morgan fingerprint density at radius 3 is 2.52 bits per heavy atom. The van der Waals surface area contributed by atoms with E-state index in [1.54, 1.807) is 23.0 Å². The highest BCUT2D eigenvalue weighted by Crippen LogP contribution is 2.37. The highest BCUT2D eigenvalue weighted by molar-refractivity contribution is 6.74. The van der Waals surface area contributed by atoms with E-state index in [1.807, 2.05) is 37.3 Å². The summed E-state index contributed by atoms with van der Waals surface area (Å²) in [5.74, 6) is -0.419. The molecule has 0 bridgehead atoms. The molecule has 2 aromatic carbocycles. The van der Waals surface area contributed by atoms with Crippen LogP contribution in [-0.4, -0.2) is 54.8 Å². The summed E-state index contributed by atoms with van der Waals surface area (Å²) in [4.78, 5) is 19.6. The number of amides is 1. The summed E-state index contributed by atoms with van der Waals surface area (Å²) in [7, 11) is -1.87. The smallest absolute Gasteiger partial charge is 0.414 e. The summed E-state index contributed by atoms with van der Waals surface area (Å²) in [6, 6.07) is 12.4. The number of carbonyl (C=O) groups excluding carboxylic acids is 1. The van der Waals surface area contributed by atoms with Gasteiger partial charge < -0.3 is 9.16 Å². The number of cyclic esters (lactones) is 1. The van der Waals surface area contributed by atoms with E-state index in [-0.39, 0.29) is 11.1 Å². The van der Waals surface area contributed by atoms with Crippen LogP contribution >= 0.6 is 0 Å². The molecule has 2 aliphatic heterocycles. The Kier molecular flexibility index (Phi) is 7.55. The SMILES string of the molecule is Cc1cn(C[C@H]2CN(c3ccc(-c4ccc(C5=CC(CO[Si](C)(C)C(C)(C)C)ON5)cc4)c(F)c3)C(=O)O2)nn1. The fourth-order valence-corrected chi connectivity index (χ4v) is 5.41. The van der Waals surface area contributed by atoms with Crippen molar-refractivity contribution in [1.82, 2.24) is 20.5 Å². The summed E-state index contributed by atoms with van der Waals surface area (Å²) < 4.78 is 28.6. The third-order valence-electron chi connectivity index (χ3n) is 7.78. The molecule has 1 amide bonds. The van der Waals surface area contributed by atoms with Gasteiger partial charge in [-0.05, 0) is 60.5 Å². The molecule has 0 saturated carbocycles. The van der Waals surface area contributed by atoms with Crippen molar-refractivity contribution in [2.45, 2.75) is 64.6 Å². The maximum atomic E-state index is 15.2. The fourth-order valence-electron chi connectivity index (χ4n) is 4.39. The van der Waals surface area contributed by atoms with Crippen LogP contribution in [0, 0.1) is 12.7 Å². The van der Waals surface area contributed by atoms with Crippen molar-refractivity contribution in [3.63, 3.8) is 0 Å². The number of halogens is 1. The Labute approximate surface area is 235 Å². The fraction of sp³-hybridized carbons (Fsp3) is 0.414. The molecule has 2 aliphatic rings. The van der Waals surface area contributed by atoms with Crippen molar-refractivity contribution in [3.05, 3.63) is 71.8 Å². The largest absolute Gasteiger partial charge is 0.442 e. The predicted octanol–water partition coefficient (Wildman–Crippen LogP) is 5.68. The summed E-state index contributed by atoms with van der Waals surface area (Å²) in [5.41, 5.74) is 7.20. The molecule has 3 heterocycles. The number of hydrogen-bond donors (Lipinski definition) is 1. The van der Waals surface area contributed by atoms with Gasteiger partial charge in [-0.1, -0.05) is 50.3 Å².